The number of hydrogen-bond donors (Lipinski definition) is 0. The molecule has 1 atom stereocenters. The molecule has 0 amide bonds. The Labute approximate surface area is 163 Å². The molecule has 0 bridgehead atoms. The van der Waals surface area contributed by atoms with Gasteiger partial charge in [-0.1, -0.05) is 17.8 Å². The molecule has 0 saturated carbocycles. The molecular weight excluding hydrogens is 360 g/mol. The molecule has 0 N–H and O–H groups in total. The highest BCUT2D eigenvalue weighted by Gasteiger charge is 2.22. The number of thioether (sulfide) groups is 1. The Hall–Kier alpha value is -2.60. The average molecular weight is 382 g/mol. The fourth-order valence-corrected chi connectivity index (χ4v) is 3.51. The van der Waals surface area contributed by atoms with Gasteiger partial charge < -0.3 is 9.15 Å². The first-order valence-corrected chi connectivity index (χ1v) is 9.53. The van der Waals surface area contributed by atoms with Crippen LogP contribution in [-0.4, -0.2) is 28.3 Å². The lowest BCUT2D eigenvalue weighted by Gasteiger charge is -2.12. The first-order valence-electron chi connectivity index (χ1n) is 8.65. The van der Waals surface area contributed by atoms with Gasteiger partial charge in [0.15, 0.2) is 5.78 Å². The number of aryl methyl sites for hydroxylation is 3. The summed E-state index contributed by atoms with van der Waals surface area (Å²) in [6.45, 7) is 7.89. The van der Waals surface area contributed by atoms with Gasteiger partial charge in [0, 0.05) is 11.1 Å². The highest BCUT2D eigenvalue weighted by atomic mass is 32.2. The fraction of sp³-hybridized carbons (Fsp3) is 0.286. The number of Topliss-reactive ketones (excluding diaryl/α,β-unsaturated/α-hetero) is 1. The predicted molar refractivity (Wildman–Crippen MR) is 107 cm³/mol. The van der Waals surface area contributed by atoms with E-state index in [1.54, 1.807) is 7.11 Å². The van der Waals surface area contributed by atoms with E-state index in [-0.39, 0.29) is 11.0 Å². The molecule has 140 valence electrons. The van der Waals surface area contributed by atoms with Gasteiger partial charge in [0.2, 0.25) is 5.89 Å². The van der Waals surface area contributed by atoms with Crippen molar-refractivity contribution in [3.05, 3.63) is 58.7 Å². The molecule has 3 rings (SSSR count). The fourth-order valence-electron chi connectivity index (χ4n) is 2.76. The van der Waals surface area contributed by atoms with Gasteiger partial charge >= 0.3 is 0 Å². The lowest BCUT2D eigenvalue weighted by molar-refractivity contribution is 0.0993. The molecule has 1 unspecified atom stereocenters. The molecule has 27 heavy (non-hydrogen) atoms. The minimum atomic E-state index is -0.324. The Morgan fingerprint density at radius 1 is 1.04 bits per heavy atom. The molecule has 1 heterocycles. The Balaban J connectivity index is 1.74. The Morgan fingerprint density at radius 3 is 2.37 bits per heavy atom. The largest absolute Gasteiger partial charge is 0.497 e. The number of ether oxygens (including phenoxy) is 1. The van der Waals surface area contributed by atoms with Crippen molar-refractivity contribution in [1.29, 1.82) is 0 Å². The van der Waals surface area contributed by atoms with E-state index in [4.69, 9.17) is 9.15 Å². The van der Waals surface area contributed by atoms with Gasteiger partial charge in [-0.05, 0) is 74.7 Å². The van der Waals surface area contributed by atoms with Crippen LogP contribution in [0.4, 0.5) is 0 Å². The number of carbonyl (C=O) groups is 1. The van der Waals surface area contributed by atoms with E-state index in [0.717, 1.165) is 28.0 Å². The molecule has 3 aromatic rings. The average Bonchev–Trinajstić information content (AvgIpc) is 3.12. The maximum absolute atomic E-state index is 12.9. The van der Waals surface area contributed by atoms with Crippen LogP contribution in [0.1, 0.15) is 34.0 Å². The molecule has 6 heteroatoms. The van der Waals surface area contributed by atoms with Gasteiger partial charge in [-0.15, -0.1) is 10.2 Å². The third kappa shape index (κ3) is 4.22. The topological polar surface area (TPSA) is 65.2 Å². The van der Waals surface area contributed by atoms with Crippen LogP contribution in [0.15, 0.2) is 46.0 Å². The quantitative estimate of drug-likeness (QED) is 0.440. The van der Waals surface area contributed by atoms with E-state index in [1.807, 2.05) is 58.0 Å². The van der Waals surface area contributed by atoms with Crippen molar-refractivity contribution in [2.24, 2.45) is 0 Å². The van der Waals surface area contributed by atoms with E-state index >= 15 is 0 Å². The van der Waals surface area contributed by atoms with Gasteiger partial charge in [-0.25, -0.2) is 0 Å². The van der Waals surface area contributed by atoms with E-state index < -0.39 is 0 Å². The smallest absolute Gasteiger partial charge is 0.277 e. The second-order valence-electron chi connectivity index (χ2n) is 6.48. The molecule has 0 aliphatic rings. The summed E-state index contributed by atoms with van der Waals surface area (Å²) < 4.78 is 10.9. The first kappa shape index (κ1) is 19.2. The summed E-state index contributed by atoms with van der Waals surface area (Å²) in [6, 6.07) is 11.4. The molecule has 1 aromatic heterocycles. The van der Waals surface area contributed by atoms with Crippen molar-refractivity contribution in [2.75, 3.05) is 7.11 Å². The van der Waals surface area contributed by atoms with Crippen LogP contribution in [-0.2, 0) is 0 Å². The monoisotopic (exact) mass is 382 g/mol. The second kappa shape index (κ2) is 7.96. The summed E-state index contributed by atoms with van der Waals surface area (Å²) >= 11 is 1.27. The number of ketones is 1. The molecule has 5 nitrogen and oxygen atoms in total. The molecule has 0 aliphatic carbocycles. The minimum Gasteiger partial charge on any atom is -0.497 e. The summed E-state index contributed by atoms with van der Waals surface area (Å²) in [5.41, 5.74) is 4.83. The molecule has 0 radical (unpaired) electrons. The number of hydrogen-bond acceptors (Lipinski definition) is 6. The summed E-state index contributed by atoms with van der Waals surface area (Å²) in [7, 11) is 1.62. The standard InChI is InChI=1S/C21H22N2O3S/c1-12-10-14(3)18(11-13(12)2)19(24)15(4)27-21-23-22-20(26-21)16-6-8-17(25-5)9-7-16/h6-11,15H,1-5H3. The van der Waals surface area contributed by atoms with E-state index in [1.165, 1.54) is 17.3 Å². The zero-order valence-electron chi connectivity index (χ0n) is 16.1. The van der Waals surface area contributed by atoms with E-state index in [9.17, 15) is 4.79 Å². The SMILES string of the molecule is COc1ccc(-c2nnc(SC(C)C(=O)c3cc(C)c(C)cc3C)o2)cc1. The summed E-state index contributed by atoms with van der Waals surface area (Å²) in [5.74, 6) is 1.24. The zero-order chi connectivity index (χ0) is 19.6. The summed E-state index contributed by atoms with van der Waals surface area (Å²) in [4.78, 5) is 12.9. The molecule has 0 saturated heterocycles. The van der Waals surface area contributed by atoms with Gasteiger partial charge in [-0.3, -0.25) is 4.79 Å². The molecule has 0 fully saturated rings. The third-order valence-corrected chi connectivity index (χ3v) is 5.43. The predicted octanol–water partition coefficient (Wildman–Crippen LogP) is 5.03. The highest BCUT2D eigenvalue weighted by molar-refractivity contribution is 8.00. The Bertz CT molecular complexity index is 964. The van der Waals surface area contributed by atoms with Crippen LogP contribution in [0.2, 0.25) is 0 Å². The van der Waals surface area contributed by atoms with Crippen LogP contribution in [0.3, 0.4) is 0 Å². The number of carbonyl (C=O) groups excluding carboxylic acids is 1. The molecule has 0 spiro atoms. The van der Waals surface area contributed by atoms with Crippen molar-refractivity contribution in [1.82, 2.24) is 10.2 Å². The first-order chi connectivity index (χ1) is 12.9. The lowest BCUT2D eigenvalue weighted by atomic mass is 9.97. The molecule has 2 aromatic carbocycles. The van der Waals surface area contributed by atoms with Crippen molar-refractivity contribution >= 4 is 17.5 Å². The number of benzene rings is 2. The third-order valence-electron chi connectivity index (χ3n) is 4.50. The second-order valence-corrected chi connectivity index (χ2v) is 7.77. The normalized spacial score (nSPS) is 12.0. The van der Waals surface area contributed by atoms with E-state index in [2.05, 4.69) is 16.3 Å². The number of rotatable bonds is 6. The number of nitrogens with zero attached hydrogens (tertiary/aromatic N) is 2. The van der Waals surface area contributed by atoms with Gasteiger partial charge in [0.05, 0.1) is 12.4 Å². The molecular formula is C21H22N2O3S. The van der Waals surface area contributed by atoms with Crippen molar-refractivity contribution in [2.45, 2.75) is 38.2 Å². The Morgan fingerprint density at radius 2 is 1.70 bits per heavy atom. The van der Waals surface area contributed by atoms with Gasteiger partial charge in [0.25, 0.3) is 5.22 Å². The lowest BCUT2D eigenvalue weighted by Crippen LogP contribution is -2.15. The van der Waals surface area contributed by atoms with Crippen molar-refractivity contribution in [3.8, 4) is 17.2 Å². The maximum Gasteiger partial charge on any atom is 0.277 e. The van der Waals surface area contributed by atoms with Crippen LogP contribution in [0.25, 0.3) is 11.5 Å². The van der Waals surface area contributed by atoms with Crippen LogP contribution < -0.4 is 4.74 Å². The van der Waals surface area contributed by atoms with E-state index in [0.29, 0.717) is 11.1 Å². The minimum absolute atomic E-state index is 0.0600. The highest BCUT2D eigenvalue weighted by Crippen LogP contribution is 2.29. The van der Waals surface area contributed by atoms with Crippen molar-refractivity contribution < 1.29 is 13.9 Å². The number of aromatic nitrogens is 2. The van der Waals surface area contributed by atoms with Crippen LogP contribution in [0, 0.1) is 20.8 Å². The summed E-state index contributed by atoms with van der Waals surface area (Å²) in [5, 5.41) is 8.20. The van der Waals surface area contributed by atoms with Crippen LogP contribution >= 0.6 is 11.8 Å². The van der Waals surface area contributed by atoms with Gasteiger partial charge in [0.1, 0.15) is 5.75 Å². The van der Waals surface area contributed by atoms with Crippen LogP contribution in [0.5, 0.6) is 5.75 Å². The zero-order valence-corrected chi connectivity index (χ0v) is 16.9. The summed E-state index contributed by atoms with van der Waals surface area (Å²) in [6.07, 6.45) is 0. The van der Waals surface area contributed by atoms with Gasteiger partial charge in [-0.2, -0.15) is 0 Å². The number of methoxy groups -OCH3 is 1. The van der Waals surface area contributed by atoms with Crippen molar-refractivity contribution in [3.63, 3.8) is 0 Å². The maximum atomic E-state index is 12.9. The molecule has 0 aliphatic heterocycles. The Kier molecular flexibility index (Phi) is 5.65.